The maximum atomic E-state index is 11.3. The third kappa shape index (κ3) is 2.66. The van der Waals surface area contributed by atoms with E-state index in [2.05, 4.69) is 25.3 Å². The van der Waals surface area contributed by atoms with Crippen LogP contribution in [-0.2, 0) is 12.6 Å². The molecular weight excluding hydrogens is 318 g/mol. The second kappa shape index (κ2) is 5.80. The Bertz CT molecular complexity index is 899. The minimum atomic E-state index is -0.997. The average Bonchev–Trinajstić information content (AvgIpc) is 3.23. The number of hydrogen-bond acceptors (Lipinski definition) is 6. The van der Waals surface area contributed by atoms with Crippen molar-refractivity contribution in [3.8, 4) is 0 Å². The minimum absolute atomic E-state index is 0.222. The standard InChI is InChI=1S/C17H23N7O/c1-12(2)24-10-15(20-21-24)17(25)6-4-8-23(11-17)14-5-7-18-16-13(14)9-19-22(16)3/h5,7,9-10,12,25H,4,6,8,11H2,1-3H3/t17-/m1/s1. The molecule has 0 aromatic carbocycles. The maximum Gasteiger partial charge on any atom is 0.159 e. The lowest BCUT2D eigenvalue weighted by molar-refractivity contribution is 0.0177. The monoisotopic (exact) mass is 341 g/mol. The van der Waals surface area contributed by atoms with Crippen molar-refractivity contribution in [3.05, 3.63) is 30.4 Å². The van der Waals surface area contributed by atoms with E-state index in [1.807, 2.05) is 39.4 Å². The van der Waals surface area contributed by atoms with Crippen molar-refractivity contribution in [1.29, 1.82) is 0 Å². The van der Waals surface area contributed by atoms with Crippen molar-refractivity contribution in [2.24, 2.45) is 7.05 Å². The fraction of sp³-hybridized carbons (Fsp3) is 0.529. The van der Waals surface area contributed by atoms with Gasteiger partial charge in [0, 0.05) is 25.8 Å². The molecule has 8 heteroatoms. The van der Waals surface area contributed by atoms with Crippen LogP contribution in [0.1, 0.15) is 38.4 Å². The molecule has 8 nitrogen and oxygen atoms in total. The fourth-order valence-electron chi connectivity index (χ4n) is 3.50. The van der Waals surface area contributed by atoms with Crippen LogP contribution in [0.5, 0.6) is 0 Å². The van der Waals surface area contributed by atoms with Crippen molar-refractivity contribution >= 4 is 16.7 Å². The predicted molar refractivity (Wildman–Crippen MR) is 94.3 cm³/mol. The molecular formula is C17H23N7O. The molecule has 25 heavy (non-hydrogen) atoms. The number of aryl methyl sites for hydroxylation is 1. The zero-order chi connectivity index (χ0) is 17.6. The van der Waals surface area contributed by atoms with Crippen molar-refractivity contribution in [2.75, 3.05) is 18.0 Å². The number of aliphatic hydroxyl groups is 1. The maximum absolute atomic E-state index is 11.3. The van der Waals surface area contributed by atoms with Crippen LogP contribution >= 0.6 is 0 Å². The third-order valence-corrected chi connectivity index (χ3v) is 4.94. The largest absolute Gasteiger partial charge is 0.382 e. The Labute approximate surface area is 146 Å². The summed E-state index contributed by atoms with van der Waals surface area (Å²) in [5.74, 6) is 0. The lowest BCUT2D eigenvalue weighted by atomic mass is 9.89. The summed E-state index contributed by atoms with van der Waals surface area (Å²) < 4.78 is 3.56. The number of β-amino-alcohol motifs (C(OH)–C–C–N with tert-alkyl or cyclic N) is 1. The van der Waals surface area contributed by atoms with E-state index in [9.17, 15) is 5.11 Å². The van der Waals surface area contributed by atoms with Crippen LogP contribution in [0.25, 0.3) is 11.0 Å². The van der Waals surface area contributed by atoms with Gasteiger partial charge in [0.05, 0.1) is 30.0 Å². The summed E-state index contributed by atoms with van der Waals surface area (Å²) in [5.41, 5.74) is 1.54. The normalized spacial score (nSPS) is 21.4. The highest BCUT2D eigenvalue weighted by Gasteiger charge is 2.38. The Morgan fingerprint density at radius 1 is 1.32 bits per heavy atom. The Morgan fingerprint density at radius 3 is 2.92 bits per heavy atom. The number of anilines is 1. The van der Waals surface area contributed by atoms with E-state index in [4.69, 9.17) is 0 Å². The van der Waals surface area contributed by atoms with Gasteiger partial charge in [0.25, 0.3) is 0 Å². The van der Waals surface area contributed by atoms with E-state index < -0.39 is 5.60 Å². The first-order chi connectivity index (χ1) is 12.0. The SMILES string of the molecule is CC(C)n1cc([C@@]2(O)CCCN(c3ccnc4c3cnn4C)C2)nn1. The molecule has 0 unspecified atom stereocenters. The Kier molecular flexibility index (Phi) is 3.72. The van der Waals surface area contributed by atoms with E-state index in [0.717, 1.165) is 29.7 Å². The first-order valence-corrected chi connectivity index (χ1v) is 8.64. The van der Waals surface area contributed by atoms with Gasteiger partial charge in [0.15, 0.2) is 5.65 Å². The molecule has 1 fully saturated rings. The van der Waals surface area contributed by atoms with Crippen LogP contribution in [-0.4, -0.2) is 48.0 Å². The molecule has 0 radical (unpaired) electrons. The summed E-state index contributed by atoms with van der Waals surface area (Å²) in [6.45, 7) is 5.46. The average molecular weight is 341 g/mol. The summed E-state index contributed by atoms with van der Waals surface area (Å²) >= 11 is 0. The minimum Gasteiger partial charge on any atom is -0.382 e. The van der Waals surface area contributed by atoms with Gasteiger partial charge in [-0.05, 0) is 32.8 Å². The van der Waals surface area contributed by atoms with Crippen molar-refractivity contribution in [3.63, 3.8) is 0 Å². The van der Waals surface area contributed by atoms with Gasteiger partial charge in [-0.3, -0.25) is 4.68 Å². The Hall–Kier alpha value is -2.48. The molecule has 0 aliphatic carbocycles. The Balaban J connectivity index is 1.68. The molecule has 132 valence electrons. The molecule has 1 N–H and O–H groups in total. The van der Waals surface area contributed by atoms with Crippen molar-refractivity contribution in [1.82, 2.24) is 29.8 Å². The van der Waals surface area contributed by atoms with Crippen LogP contribution in [0.4, 0.5) is 5.69 Å². The molecule has 3 aromatic rings. The second-order valence-electron chi connectivity index (χ2n) is 7.07. The highest BCUT2D eigenvalue weighted by Crippen LogP contribution is 2.35. The molecule has 0 spiro atoms. The summed E-state index contributed by atoms with van der Waals surface area (Å²) in [6.07, 6.45) is 7.06. The van der Waals surface area contributed by atoms with Gasteiger partial charge < -0.3 is 10.0 Å². The number of pyridine rings is 1. The van der Waals surface area contributed by atoms with E-state index >= 15 is 0 Å². The van der Waals surface area contributed by atoms with E-state index in [1.54, 1.807) is 15.6 Å². The van der Waals surface area contributed by atoms with Gasteiger partial charge in [-0.15, -0.1) is 5.10 Å². The highest BCUT2D eigenvalue weighted by molar-refractivity contribution is 5.89. The topological polar surface area (TPSA) is 84.9 Å². The third-order valence-electron chi connectivity index (χ3n) is 4.94. The molecule has 4 rings (SSSR count). The summed E-state index contributed by atoms with van der Waals surface area (Å²) in [6, 6.07) is 2.21. The molecule has 1 atom stereocenters. The van der Waals surface area contributed by atoms with Crippen LogP contribution in [0.15, 0.2) is 24.7 Å². The molecule has 0 bridgehead atoms. The summed E-state index contributed by atoms with van der Waals surface area (Å²) in [5, 5.41) is 24.9. The number of fused-ring (bicyclic) bond motifs is 1. The van der Waals surface area contributed by atoms with Crippen molar-refractivity contribution < 1.29 is 5.11 Å². The van der Waals surface area contributed by atoms with Gasteiger partial charge in [-0.1, -0.05) is 5.21 Å². The molecule has 0 saturated carbocycles. The number of aromatic nitrogens is 6. The summed E-state index contributed by atoms with van der Waals surface area (Å²) in [7, 11) is 1.88. The van der Waals surface area contributed by atoms with E-state index in [-0.39, 0.29) is 6.04 Å². The van der Waals surface area contributed by atoms with Gasteiger partial charge >= 0.3 is 0 Å². The molecule has 3 aromatic heterocycles. The Morgan fingerprint density at radius 2 is 2.16 bits per heavy atom. The van der Waals surface area contributed by atoms with Gasteiger partial charge in [-0.25, -0.2) is 9.67 Å². The molecule has 1 aliphatic heterocycles. The molecule has 4 heterocycles. The second-order valence-corrected chi connectivity index (χ2v) is 7.07. The smallest absolute Gasteiger partial charge is 0.159 e. The van der Waals surface area contributed by atoms with Crippen molar-refractivity contribution in [2.45, 2.75) is 38.3 Å². The highest BCUT2D eigenvalue weighted by atomic mass is 16.3. The zero-order valence-electron chi connectivity index (χ0n) is 14.8. The van der Waals surface area contributed by atoms with Crippen LogP contribution < -0.4 is 4.90 Å². The van der Waals surface area contributed by atoms with E-state index in [1.165, 1.54) is 0 Å². The quantitative estimate of drug-likeness (QED) is 0.779. The van der Waals surface area contributed by atoms with Gasteiger partial charge in [0.1, 0.15) is 11.3 Å². The predicted octanol–water partition coefficient (Wildman–Crippen LogP) is 1.63. The molecule has 1 saturated heterocycles. The number of piperidine rings is 1. The first kappa shape index (κ1) is 16.0. The number of hydrogen-bond donors (Lipinski definition) is 1. The lowest BCUT2D eigenvalue weighted by Gasteiger charge is -2.39. The van der Waals surface area contributed by atoms with Crippen LogP contribution in [0.2, 0.25) is 0 Å². The lowest BCUT2D eigenvalue weighted by Crippen LogP contribution is -2.46. The van der Waals surface area contributed by atoms with E-state index in [0.29, 0.717) is 18.7 Å². The number of nitrogens with zero attached hydrogens (tertiary/aromatic N) is 7. The van der Waals surface area contributed by atoms with Crippen LogP contribution in [0.3, 0.4) is 0 Å². The fourth-order valence-corrected chi connectivity index (χ4v) is 3.50. The van der Waals surface area contributed by atoms with Gasteiger partial charge in [0.2, 0.25) is 0 Å². The zero-order valence-corrected chi connectivity index (χ0v) is 14.8. The molecule has 0 amide bonds. The molecule has 1 aliphatic rings. The first-order valence-electron chi connectivity index (χ1n) is 8.64. The summed E-state index contributed by atoms with van der Waals surface area (Å²) in [4.78, 5) is 6.60. The van der Waals surface area contributed by atoms with Crippen LogP contribution in [0, 0.1) is 0 Å². The van der Waals surface area contributed by atoms with Gasteiger partial charge in [-0.2, -0.15) is 5.10 Å². The number of rotatable bonds is 3.